The lowest BCUT2D eigenvalue weighted by atomic mass is 10.1. The van der Waals surface area contributed by atoms with Gasteiger partial charge in [-0.25, -0.2) is 9.48 Å². The summed E-state index contributed by atoms with van der Waals surface area (Å²) < 4.78 is 6.35. The summed E-state index contributed by atoms with van der Waals surface area (Å²) in [4.78, 5) is 36.0. The second-order valence-corrected chi connectivity index (χ2v) is 5.64. The third-order valence-electron chi connectivity index (χ3n) is 3.27. The SMILES string of the molecule is CCCn1nc(C(=O)OC(C)C(=O)c2cccc(Cl)c2)ccc1=O. The first-order chi connectivity index (χ1) is 11.4. The highest BCUT2D eigenvalue weighted by Gasteiger charge is 2.21. The molecule has 6 nitrogen and oxygen atoms in total. The quantitative estimate of drug-likeness (QED) is 0.592. The summed E-state index contributed by atoms with van der Waals surface area (Å²) in [5.74, 6) is -1.13. The molecule has 2 aromatic rings. The third kappa shape index (κ3) is 4.29. The minimum Gasteiger partial charge on any atom is -0.449 e. The van der Waals surface area contributed by atoms with Gasteiger partial charge in [0.15, 0.2) is 11.8 Å². The van der Waals surface area contributed by atoms with Crippen LogP contribution in [-0.2, 0) is 11.3 Å². The van der Waals surface area contributed by atoms with Crippen molar-refractivity contribution in [1.82, 2.24) is 9.78 Å². The van der Waals surface area contributed by atoms with Gasteiger partial charge < -0.3 is 4.74 Å². The van der Waals surface area contributed by atoms with Crippen LogP contribution < -0.4 is 5.56 Å². The normalized spacial score (nSPS) is 11.8. The number of aryl methyl sites for hydroxylation is 1. The van der Waals surface area contributed by atoms with Gasteiger partial charge in [0.1, 0.15) is 0 Å². The molecule has 1 heterocycles. The highest BCUT2D eigenvalue weighted by molar-refractivity contribution is 6.31. The van der Waals surface area contributed by atoms with Gasteiger partial charge in [-0.3, -0.25) is 9.59 Å². The summed E-state index contributed by atoms with van der Waals surface area (Å²) in [6, 6.07) is 8.93. The minimum absolute atomic E-state index is 0.0196. The standard InChI is InChI=1S/C17H17ClN2O4/c1-3-9-20-15(21)8-7-14(19-20)17(23)24-11(2)16(22)12-5-4-6-13(18)10-12/h4-8,10-11H,3,9H2,1-2H3. The van der Waals surface area contributed by atoms with E-state index in [1.165, 1.54) is 29.8 Å². The van der Waals surface area contributed by atoms with E-state index in [1.807, 2.05) is 6.92 Å². The fourth-order valence-electron chi connectivity index (χ4n) is 2.08. The van der Waals surface area contributed by atoms with E-state index in [1.54, 1.807) is 18.2 Å². The molecule has 24 heavy (non-hydrogen) atoms. The lowest BCUT2D eigenvalue weighted by Crippen LogP contribution is -2.28. The molecule has 2 rings (SSSR count). The Labute approximate surface area is 144 Å². The van der Waals surface area contributed by atoms with Crippen molar-refractivity contribution in [2.45, 2.75) is 32.9 Å². The molecular weight excluding hydrogens is 332 g/mol. The summed E-state index contributed by atoms with van der Waals surface area (Å²) in [6.45, 7) is 3.77. The van der Waals surface area contributed by atoms with Crippen molar-refractivity contribution in [3.63, 3.8) is 0 Å². The van der Waals surface area contributed by atoms with Gasteiger partial charge in [0.2, 0.25) is 5.78 Å². The van der Waals surface area contributed by atoms with E-state index in [0.717, 1.165) is 0 Å². The lowest BCUT2D eigenvalue weighted by molar-refractivity contribution is 0.0310. The van der Waals surface area contributed by atoms with Crippen molar-refractivity contribution in [2.24, 2.45) is 0 Å². The Bertz CT molecular complexity index is 816. The Balaban J connectivity index is 2.12. The van der Waals surface area contributed by atoms with Crippen LogP contribution in [0.4, 0.5) is 0 Å². The van der Waals surface area contributed by atoms with Crippen LogP contribution in [0.5, 0.6) is 0 Å². The molecule has 0 N–H and O–H groups in total. The van der Waals surface area contributed by atoms with Gasteiger partial charge in [-0.05, 0) is 31.5 Å². The lowest BCUT2D eigenvalue weighted by Gasteiger charge is -2.12. The maximum Gasteiger partial charge on any atom is 0.359 e. The number of hydrogen-bond acceptors (Lipinski definition) is 5. The molecule has 0 aliphatic rings. The molecule has 0 amide bonds. The number of carbonyl (C=O) groups is 2. The van der Waals surface area contributed by atoms with E-state index in [4.69, 9.17) is 16.3 Å². The van der Waals surface area contributed by atoms with Gasteiger partial charge in [-0.15, -0.1) is 0 Å². The second kappa shape index (κ2) is 7.88. The number of rotatable bonds is 6. The van der Waals surface area contributed by atoms with E-state index in [0.29, 0.717) is 23.6 Å². The van der Waals surface area contributed by atoms with E-state index in [9.17, 15) is 14.4 Å². The highest BCUT2D eigenvalue weighted by atomic mass is 35.5. The molecule has 1 aromatic carbocycles. The monoisotopic (exact) mass is 348 g/mol. The number of halogens is 1. The molecule has 0 aliphatic carbocycles. The van der Waals surface area contributed by atoms with Crippen molar-refractivity contribution in [3.05, 3.63) is 63.0 Å². The maximum absolute atomic E-state index is 12.3. The molecule has 126 valence electrons. The van der Waals surface area contributed by atoms with Crippen molar-refractivity contribution in [3.8, 4) is 0 Å². The zero-order valence-corrected chi connectivity index (χ0v) is 14.1. The molecule has 1 aromatic heterocycles. The molecule has 0 fully saturated rings. The molecule has 0 radical (unpaired) electrons. The Hall–Kier alpha value is -2.47. The Morgan fingerprint density at radius 3 is 2.71 bits per heavy atom. The van der Waals surface area contributed by atoms with E-state index in [2.05, 4.69) is 5.10 Å². The van der Waals surface area contributed by atoms with Crippen molar-refractivity contribution < 1.29 is 14.3 Å². The van der Waals surface area contributed by atoms with Crippen LogP contribution in [0.15, 0.2) is 41.2 Å². The van der Waals surface area contributed by atoms with Crippen LogP contribution in [0.3, 0.4) is 0 Å². The number of esters is 1. The van der Waals surface area contributed by atoms with Crippen LogP contribution >= 0.6 is 11.6 Å². The number of carbonyl (C=O) groups excluding carboxylic acids is 2. The van der Waals surface area contributed by atoms with Crippen LogP contribution in [0.25, 0.3) is 0 Å². The average molecular weight is 349 g/mol. The number of benzene rings is 1. The molecule has 7 heteroatoms. The predicted molar refractivity (Wildman–Crippen MR) is 89.4 cm³/mol. The summed E-state index contributed by atoms with van der Waals surface area (Å²) in [7, 11) is 0. The van der Waals surface area contributed by atoms with Crippen LogP contribution in [-0.4, -0.2) is 27.6 Å². The first-order valence-electron chi connectivity index (χ1n) is 7.51. The van der Waals surface area contributed by atoms with Crippen LogP contribution in [0.2, 0.25) is 5.02 Å². The number of ketones is 1. The van der Waals surface area contributed by atoms with Gasteiger partial charge in [0.25, 0.3) is 5.56 Å². The largest absolute Gasteiger partial charge is 0.449 e. The predicted octanol–water partition coefficient (Wildman–Crippen LogP) is 2.73. The molecule has 1 unspecified atom stereocenters. The van der Waals surface area contributed by atoms with Gasteiger partial charge in [-0.2, -0.15) is 5.10 Å². The summed E-state index contributed by atoms with van der Waals surface area (Å²) >= 11 is 5.85. The number of aromatic nitrogens is 2. The van der Waals surface area contributed by atoms with Gasteiger partial charge in [-0.1, -0.05) is 30.7 Å². The van der Waals surface area contributed by atoms with Gasteiger partial charge in [0.05, 0.1) is 0 Å². The number of hydrogen-bond donors (Lipinski definition) is 0. The Morgan fingerprint density at radius 1 is 1.29 bits per heavy atom. The minimum atomic E-state index is -0.996. The number of nitrogens with zero attached hydrogens (tertiary/aromatic N) is 2. The zero-order chi connectivity index (χ0) is 17.7. The summed E-state index contributed by atoms with van der Waals surface area (Å²) in [5, 5.41) is 4.38. The average Bonchev–Trinajstić information content (AvgIpc) is 2.56. The fourth-order valence-corrected chi connectivity index (χ4v) is 2.27. The molecule has 0 aliphatic heterocycles. The molecule has 0 saturated carbocycles. The van der Waals surface area contributed by atoms with Gasteiger partial charge in [0, 0.05) is 23.2 Å². The van der Waals surface area contributed by atoms with Crippen molar-refractivity contribution in [1.29, 1.82) is 0 Å². The van der Waals surface area contributed by atoms with Gasteiger partial charge >= 0.3 is 5.97 Å². The molecule has 0 bridgehead atoms. The van der Waals surface area contributed by atoms with Crippen molar-refractivity contribution in [2.75, 3.05) is 0 Å². The van der Waals surface area contributed by atoms with Crippen LogP contribution in [0.1, 0.15) is 41.1 Å². The molecule has 0 saturated heterocycles. The van der Waals surface area contributed by atoms with E-state index < -0.39 is 12.1 Å². The third-order valence-corrected chi connectivity index (χ3v) is 3.51. The first kappa shape index (κ1) is 17.9. The topological polar surface area (TPSA) is 78.3 Å². The second-order valence-electron chi connectivity index (χ2n) is 5.20. The Kier molecular flexibility index (Phi) is 5.87. The van der Waals surface area contributed by atoms with Crippen molar-refractivity contribution >= 4 is 23.4 Å². The molecule has 0 spiro atoms. The number of ether oxygens (including phenoxy) is 1. The number of Topliss-reactive ketones (excluding diaryl/α,β-unsaturated/α-hetero) is 1. The highest BCUT2D eigenvalue weighted by Crippen LogP contribution is 2.14. The van der Waals surface area contributed by atoms with E-state index in [-0.39, 0.29) is 17.0 Å². The maximum atomic E-state index is 12.3. The molecular formula is C17H17ClN2O4. The van der Waals surface area contributed by atoms with E-state index >= 15 is 0 Å². The zero-order valence-electron chi connectivity index (χ0n) is 13.4. The molecule has 1 atom stereocenters. The smallest absolute Gasteiger partial charge is 0.359 e. The first-order valence-corrected chi connectivity index (χ1v) is 7.89. The fraction of sp³-hybridized carbons (Fsp3) is 0.294. The summed E-state index contributed by atoms with van der Waals surface area (Å²) in [5.41, 5.74) is 0.0389. The van der Waals surface area contributed by atoms with Crippen LogP contribution in [0, 0.1) is 0 Å². The Morgan fingerprint density at radius 2 is 2.04 bits per heavy atom. The summed E-state index contributed by atoms with van der Waals surface area (Å²) in [6.07, 6.45) is -0.293.